The minimum Gasteiger partial charge on any atom is -0.508 e. The number of hydrogen-bond donors (Lipinski definition) is 6. The zero-order chi connectivity index (χ0) is 45.7. The zero-order valence-corrected chi connectivity index (χ0v) is 38.4. The van der Waals surface area contributed by atoms with Gasteiger partial charge in [-0.2, -0.15) is 0 Å². The summed E-state index contributed by atoms with van der Waals surface area (Å²) in [7, 11) is 7.24. The standard InChI is InChI=1S/C45H50N4O12S3/c1-23(2)47-30-22-58-34(20-33(30)56-4)61-42-41(53)35(40(52)39-37-26(14-17-46-39)27-19-25(50)12-13-29(27)48-37)24(3)59-43(42)60-32-11-9-7-8-10-16-45(55)21-31(51)38(49-44(54)57-5)36(32)28(45)15-18-63-64-62-6/h7-8,12-15,17,19,23-24,30,32-35,41-43,47-48,50,53,55H,18,20-22H2,1-6H3,(H,49,54)/b8-7-,28-15+/t24-,30+,32+,33+,34+,35+,41+,42-,43+,45+/m1/s1. The summed E-state index contributed by atoms with van der Waals surface area (Å²) in [5.41, 5.74) is -1.01. The van der Waals surface area contributed by atoms with E-state index in [-0.39, 0.29) is 59.5 Å². The number of nitrogens with zero attached hydrogens (tertiary/aromatic N) is 1. The van der Waals surface area contributed by atoms with Crippen molar-refractivity contribution in [2.75, 3.05) is 32.8 Å². The molecule has 2 aromatic heterocycles. The van der Waals surface area contributed by atoms with E-state index in [0.717, 1.165) is 7.11 Å². The number of methoxy groups -OCH3 is 2. The molecular weight excluding hydrogens is 885 g/mol. The van der Waals surface area contributed by atoms with Crippen LogP contribution < -0.4 is 10.6 Å². The number of aromatic hydroxyl groups is 1. The van der Waals surface area contributed by atoms with Crippen molar-refractivity contribution in [1.82, 2.24) is 20.6 Å². The average Bonchev–Trinajstić information content (AvgIpc) is 3.63. The number of hydrogen-bond acceptors (Lipinski definition) is 17. The number of aromatic nitrogens is 2. The fourth-order valence-electron chi connectivity index (χ4n) is 8.40. The number of phenolic OH excluding ortho intramolecular Hbond substituents is 1. The van der Waals surface area contributed by atoms with Gasteiger partial charge in [0.15, 0.2) is 29.7 Å². The molecule has 10 atom stereocenters. The second kappa shape index (κ2) is 20.9. The van der Waals surface area contributed by atoms with Crippen LogP contribution in [0.25, 0.3) is 21.8 Å². The Morgan fingerprint density at radius 1 is 1.16 bits per heavy atom. The molecule has 7 rings (SSSR count). The number of rotatable bonds is 14. The fourth-order valence-corrected chi connectivity index (χ4v) is 10.8. The molecule has 6 N–H and O–H groups in total. The van der Waals surface area contributed by atoms with Gasteiger partial charge < -0.3 is 54.0 Å². The van der Waals surface area contributed by atoms with Gasteiger partial charge in [-0.3, -0.25) is 19.9 Å². The lowest BCUT2D eigenvalue weighted by Crippen LogP contribution is -2.60. The monoisotopic (exact) mass is 934 g/mol. The molecule has 4 aliphatic rings. The summed E-state index contributed by atoms with van der Waals surface area (Å²) in [6.45, 7) is 5.82. The molecule has 2 aliphatic carbocycles. The number of nitrogens with one attached hydrogen (secondary N) is 3. The normalized spacial score (nSPS) is 30.4. The SMILES string of the molecule is COC(=O)NC1=C2/C(=C\CSSSC)[C@](O)(C#C/C=C\C#C[C@@H]2O[C@@H]2O[C@H](C)[C@@H](C(=O)c3nccc4c3[nH]c3ccc(O)cc34)[C@H](O)[C@H]2O[C@H]2C[C@H](OC)[C@@H](NC(C)C)CO2)CC1=O. The molecule has 4 heterocycles. The Kier molecular flexibility index (Phi) is 15.5. The molecule has 0 spiro atoms. The maximum Gasteiger partial charge on any atom is 0.411 e. The molecule has 19 heteroatoms. The number of allylic oxidation sites excluding steroid dienone is 3. The molecule has 16 nitrogen and oxygen atoms in total. The van der Waals surface area contributed by atoms with Gasteiger partial charge >= 0.3 is 6.09 Å². The van der Waals surface area contributed by atoms with Crippen molar-refractivity contribution in [3.63, 3.8) is 0 Å². The molecule has 2 saturated heterocycles. The smallest absolute Gasteiger partial charge is 0.411 e. The number of ether oxygens (including phenoxy) is 6. The van der Waals surface area contributed by atoms with E-state index >= 15 is 0 Å². The quantitative estimate of drug-likeness (QED) is 0.0559. The number of ketones is 2. The third-order valence-corrected chi connectivity index (χ3v) is 15.0. The van der Waals surface area contributed by atoms with Gasteiger partial charge in [-0.05, 0) is 59.4 Å². The Hall–Kier alpha value is -4.35. The van der Waals surface area contributed by atoms with Crippen molar-refractivity contribution < 1.29 is 58.1 Å². The highest BCUT2D eigenvalue weighted by atomic mass is 33.5. The highest BCUT2D eigenvalue weighted by Gasteiger charge is 2.52. The Labute approximate surface area is 381 Å². The van der Waals surface area contributed by atoms with Gasteiger partial charge in [0.2, 0.25) is 0 Å². The van der Waals surface area contributed by atoms with Crippen LogP contribution in [0.3, 0.4) is 0 Å². The number of carbonyl (C=O) groups excluding carboxylic acids is 3. The van der Waals surface area contributed by atoms with Crippen molar-refractivity contribution in [2.45, 2.75) is 94.4 Å². The lowest BCUT2D eigenvalue weighted by Gasteiger charge is -2.46. The third-order valence-electron chi connectivity index (χ3n) is 11.2. The molecule has 64 heavy (non-hydrogen) atoms. The predicted octanol–water partition coefficient (Wildman–Crippen LogP) is 4.70. The van der Waals surface area contributed by atoms with Crippen LogP contribution in [0.5, 0.6) is 5.75 Å². The first-order chi connectivity index (χ1) is 30.8. The van der Waals surface area contributed by atoms with Crippen LogP contribution in [0, 0.1) is 29.6 Å². The highest BCUT2D eigenvalue weighted by molar-refractivity contribution is 9.09. The summed E-state index contributed by atoms with van der Waals surface area (Å²) < 4.78 is 36.9. The average molecular weight is 935 g/mol. The number of pyridine rings is 1. The molecular formula is C45H50N4O12S3. The fraction of sp³-hybridized carbons (Fsp3) is 0.467. The molecule has 0 unspecified atom stereocenters. The Morgan fingerprint density at radius 3 is 2.70 bits per heavy atom. The summed E-state index contributed by atoms with van der Waals surface area (Å²) in [5, 5.41) is 42.2. The van der Waals surface area contributed by atoms with Crippen LogP contribution in [0.2, 0.25) is 0 Å². The minimum absolute atomic E-state index is 0.00427. The van der Waals surface area contributed by atoms with Crippen molar-refractivity contribution in [3.05, 3.63) is 71.2 Å². The highest BCUT2D eigenvalue weighted by Crippen LogP contribution is 2.42. The first kappa shape index (κ1) is 47.6. The number of benzene rings is 1. The number of Topliss-reactive ketones (excluding diaryl/α,β-unsaturated/α-hetero) is 2. The number of fused-ring (bicyclic) bond motifs is 5. The number of phenols is 1. The van der Waals surface area contributed by atoms with E-state index < -0.39 is 72.6 Å². The van der Waals surface area contributed by atoms with Gasteiger partial charge in [0.05, 0.1) is 61.6 Å². The summed E-state index contributed by atoms with van der Waals surface area (Å²) in [5.74, 6) is 9.37. The van der Waals surface area contributed by atoms with Crippen molar-refractivity contribution >= 4 is 70.9 Å². The summed E-state index contributed by atoms with van der Waals surface area (Å²) in [6, 6.07) is 6.49. The molecule has 340 valence electrons. The molecule has 3 aromatic rings. The Balaban J connectivity index is 1.31. The first-order valence-corrected chi connectivity index (χ1v) is 24.6. The number of amides is 1. The first-order valence-electron chi connectivity index (χ1n) is 20.5. The van der Waals surface area contributed by atoms with Gasteiger partial charge in [0, 0.05) is 59.0 Å². The largest absolute Gasteiger partial charge is 0.508 e. The van der Waals surface area contributed by atoms with Crippen molar-refractivity contribution in [1.29, 1.82) is 0 Å². The maximum atomic E-state index is 14.8. The molecule has 2 fully saturated rings. The number of aromatic amines is 1. The van der Waals surface area contributed by atoms with Crippen LogP contribution in [0.4, 0.5) is 4.79 Å². The molecule has 0 radical (unpaired) electrons. The van der Waals surface area contributed by atoms with E-state index in [9.17, 15) is 29.7 Å². The number of H-pyrrole nitrogens is 1. The van der Waals surface area contributed by atoms with E-state index in [1.54, 1.807) is 38.3 Å². The summed E-state index contributed by atoms with van der Waals surface area (Å²) in [4.78, 5) is 49.3. The third kappa shape index (κ3) is 10.2. The van der Waals surface area contributed by atoms with E-state index in [0.29, 0.717) is 27.6 Å². The summed E-state index contributed by atoms with van der Waals surface area (Å²) >= 11 is 0. The number of aliphatic hydroxyl groups excluding tert-OH is 1. The second-order valence-corrected chi connectivity index (χ2v) is 20.1. The Morgan fingerprint density at radius 2 is 1.95 bits per heavy atom. The minimum atomic E-state index is -2.03. The van der Waals surface area contributed by atoms with Crippen LogP contribution >= 0.6 is 31.4 Å². The molecule has 1 amide bonds. The molecule has 1 aromatic carbocycles. The van der Waals surface area contributed by atoms with Gasteiger partial charge in [-0.1, -0.05) is 65.2 Å². The van der Waals surface area contributed by atoms with Crippen LogP contribution in [-0.4, -0.2) is 137 Å². The van der Waals surface area contributed by atoms with Crippen LogP contribution in [-0.2, 0) is 33.2 Å². The molecule has 2 aliphatic heterocycles. The van der Waals surface area contributed by atoms with Crippen molar-refractivity contribution in [2.24, 2.45) is 5.92 Å². The van der Waals surface area contributed by atoms with E-state index in [1.165, 1.54) is 55.8 Å². The molecule has 0 saturated carbocycles. The van der Waals surface area contributed by atoms with Gasteiger partial charge in [0.1, 0.15) is 23.7 Å². The van der Waals surface area contributed by atoms with Crippen molar-refractivity contribution in [3.8, 4) is 29.4 Å². The zero-order valence-electron chi connectivity index (χ0n) is 35.9. The van der Waals surface area contributed by atoms with E-state index in [2.05, 4.69) is 44.3 Å². The maximum absolute atomic E-state index is 14.8. The topological polar surface area (TPSA) is 220 Å². The van der Waals surface area contributed by atoms with Gasteiger partial charge in [-0.25, -0.2) is 4.79 Å². The second-order valence-electron chi connectivity index (χ2n) is 15.7. The Bertz CT molecular complexity index is 2490. The summed E-state index contributed by atoms with van der Waals surface area (Å²) in [6.07, 6.45) is -1.67. The lowest BCUT2D eigenvalue weighted by molar-refractivity contribution is -0.327. The predicted molar refractivity (Wildman–Crippen MR) is 244 cm³/mol. The number of alkyl carbamates (subject to hydrolysis) is 1. The van der Waals surface area contributed by atoms with Gasteiger partial charge in [-0.15, -0.1) is 0 Å². The molecule has 2 bridgehead atoms. The number of aliphatic hydroxyl groups is 2. The van der Waals surface area contributed by atoms with Gasteiger partial charge in [0.25, 0.3) is 0 Å². The number of carbonyl (C=O) groups is 3. The van der Waals surface area contributed by atoms with Crippen LogP contribution in [0.15, 0.2) is 65.5 Å². The van der Waals surface area contributed by atoms with E-state index in [4.69, 9.17) is 28.4 Å². The van der Waals surface area contributed by atoms with E-state index in [1.807, 2.05) is 20.1 Å². The van der Waals surface area contributed by atoms with Crippen LogP contribution in [0.1, 0.15) is 44.1 Å². The lowest BCUT2D eigenvalue weighted by atomic mass is 9.75.